The maximum atomic E-state index is 13.0. The molecule has 0 aliphatic heterocycles. The van der Waals surface area contributed by atoms with Gasteiger partial charge in [-0.25, -0.2) is 8.78 Å². The predicted octanol–water partition coefficient (Wildman–Crippen LogP) is 2.84. The van der Waals surface area contributed by atoms with E-state index in [0.717, 1.165) is 31.4 Å². The van der Waals surface area contributed by atoms with Gasteiger partial charge in [-0.3, -0.25) is 4.79 Å². The monoisotopic (exact) mass is 240 g/mol. The van der Waals surface area contributed by atoms with Gasteiger partial charge in [0.25, 0.3) is 0 Å². The highest BCUT2D eigenvalue weighted by Gasteiger charge is 2.37. The van der Waals surface area contributed by atoms with E-state index in [2.05, 4.69) is 0 Å². The van der Waals surface area contributed by atoms with Crippen LogP contribution in [0.25, 0.3) is 0 Å². The number of aliphatic hydroxyl groups is 1. The van der Waals surface area contributed by atoms with E-state index >= 15 is 0 Å². The summed E-state index contributed by atoms with van der Waals surface area (Å²) in [6.07, 6.45) is 3.24. The zero-order chi connectivity index (χ0) is 12.5. The third kappa shape index (κ3) is 2.52. The molecule has 2 nitrogen and oxygen atoms in total. The zero-order valence-corrected chi connectivity index (χ0v) is 9.38. The van der Waals surface area contributed by atoms with E-state index in [9.17, 15) is 18.7 Å². The molecule has 1 saturated carbocycles. The first-order valence-electron chi connectivity index (χ1n) is 5.74. The van der Waals surface area contributed by atoms with Gasteiger partial charge in [-0.1, -0.05) is 19.3 Å². The number of Topliss-reactive ketones (excluding diaryl/α,β-unsaturated/α-hetero) is 1. The smallest absolute Gasteiger partial charge is 0.194 e. The van der Waals surface area contributed by atoms with Gasteiger partial charge >= 0.3 is 0 Å². The molecule has 4 heteroatoms. The zero-order valence-electron chi connectivity index (χ0n) is 9.38. The van der Waals surface area contributed by atoms with E-state index in [4.69, 9.17) is 0 Å². The molecule has 1 aromatic carbocycles. The molecule has 0 atom stereocenters. The maximum Gasteiger partial charge on any atom is 0.194 e. The minimum atomic E-state index is -1.45. The first kappa shape index (κ1) is 12.2. The minimum Gasteiger partial charge on any atom is -0.382 e. The van der Waals surface area contributed by atoms with Crippen LogP contribution in [-0.4, -0.2) is 16.5 Å². The van der Waals surface area contributed by atoms with Gasteiger partial charge in [-0.05, 0) is 25.0 Å². The van der Waals surface area contributed by atoms with E-state index in [0.29, 0.717) is 18.9 Å². The molecule has 0 saturated heterocycles. The second-order valence-electron chi connectivity index (χ2n) is 4.58. The predicted molar refractivity (Wildman–Crippen MR) is 58.7 cm³/mol. The molecule has 0 spiro atoms. The lowest BCUT2D eigenvalue weighted by Crippen LogP contribution is -2.40. The Balaban J connectivity index is 2.29. The van der Waals surface area contributed by atoms with Crippen molar-refractivity contribution < 1.29 is 18.7 Å². The van der Waals surface area contributed by atoms with Gasteiger partial charge in [0, 0.05) is 11.6 Å². The summed E-state index contributed by atoms with van der Waals surface area (Å²) in [6.45, 7) is 0. The molecule has 0 aromatic heterocycles. The Hall–Kier alpha value is -1.29. The fraction of sp³-hybridized carbons (Fsp3) is 0.462. The van der Waals surface area contributed by atoms with Crippen LogP contribution in [0.4, 0.5) is 8.78 Å². The molecule has 0 radical (unpaired) electrons. The molecule has 1 aromatic rings. The third-order valence-electron chi connectivity index (χ3n) is 3.23. The number of hydrogen-bond acceptors (Lipinski definition) is 2. The second kappa shape index (κ2) is 4.53. The van der Waals surface area contributed by atoms with Crippen LogP contribution in [0.2, 0.25) is 0 Å². The summed E-state index contributed by atoms with van der Waals surface area (Å²) < 4.78 is 26.0. The quantitative estimate of drug-likeness (QED) is 0.807. The minimum absolute atomic E-state index is 0.0908. The molecular weight excluding hydrogens is 226 g/mol. The Morgan fingerprint density at radius 2 is 1.59 bits per heavy atom. The Labute approximate surface area is 98.3 Å². The number of ketones is 1. The van der Waals surface area contributed by atoms with Crippen molar-refractivity contribution >= 4 is 5.78 Å². The van der Waals surface area contributed by atoms with E-state index < -0.39 is 23.0 Å². The number of carbonyl (C=O) groups is 1. The highest BCUT2D eigenvalue weighted by molar-refractivity contribution is 6.02. The molecule has 1 aliphatic carbocycles. The van der Waals surface area contributed by atoms with Gasteiger partial charge < -0.3 is 5.11 Å². The first-order valence-corrected chi connectivity index (χ1v) is 5.74. The van der Waals surface area contributed by atoms with Crippen molar-refractivity contribution in [3.05, 3.63) is 35.4 Å². The number of benzene rings is 1. The van der Waals surface area contributed by atoms with E-state index in [-0.39, 0.29) is 5.56 Å². The third-order valence-corrected chi connectivity index (χ3v) is 3.23. The van der Waals surface area contributed by atoms with Gasteiger partial charge in [0.05, 0.1) is 0 Å². The van der Waals surface area contributed by atoms with Crippen molar-refractivity contribution in [2.75, 3.05) is 0 Å². The molecule has 0 heterocycles. The number of rotatable bonds is 2. The molecule has 2 rings (SSSR count). The molecule has 92 valence electrons. The van der Waals surface area contributed by atoms with E-state index in [1.165, 1.54) is 0 Å². The molecular formula is C13H14F2O2. The molecule has 1 fully saturated rings. The van der Waals surface area contributed by atoms with Crippen LogP contribution >= 0.6 is 0 Å². The summed E-state index contributed by atoms with van der Waals surface area (Å²) in [5.74, 6) is -2.17. The van der Waals surface area contributed by atoms with Gasteiger partial charge in [0.1, 0.15) is 17.2 Å². The summed E-state index contributed by atoms with van der Waals surface area (Å²) in [5.41, 5.74) is -1.54. The topological polar surface area (TPSA) is 37.3 Å². The van der Waals surface area contributed by atoms with Gasteiger partial charge in [-0.15, -0.1) is 0 Å². The fourth-order valence-electron chi connectivity index (χ4n) is 2.32. The second-order valence-corrected chi connectivity index (χ2v) is 4.58. The molecule has 1 aliphatic rings. The van der Waals surface area contributed by atoms with Crippen LogP contribution in [0, 0.1) is 11.6 Å². The largest absolute Gasteiger partial charge is 0.382 e. The summed E-state index contributed by atoms with van der Waals surface area (Å²) in [4.78, 5) is 12.0. The van der Waals surface area contributed by atoms with Crippen LogP contribution in [0.15, 0.2) is 18.2 Å². The lowest BCUT2D eigenvalue weighted by molar-refractivity contribution is 0.0116. The molecule has 0 amide bonds. The molecule has 1 N–H and O–H groups in total. The maximum absolute atomic E-state index is 13.0. The summed E-state index contributed by atoms with van der Waals surface area (Å²) in [7, 11) is 0. The lowest BCUT2D eigenvalue weighted by atomic mass is 9.79. The average Bonchev–Trinajstić information content (AvgIpc) is 2.27. The molecule has 0 bridgehead atoms. The number of halogens is 2. The Morgan fingerprint density at radius 3 is 2.12 bits per heavy atom. The van der Waals surface area contributed by atoms with Crippen LogP contribution < -0.4 is 0 Å². The van der Waals surface area contributed by atoms with Crippen LogP contribution in [0.3, 0.4) is 0 Å². The Morgan fingerprint density at radius 1 is 1.06 bits per heavy atom. The van der Waals surface area contributed by atoms with Gasteiger partial charge in [0.15, 0.2) is 5.78 Å². The summed E-state index contributed by atoms with van der Waals surface area (Å²) >= 11 is 0. The number of carbonyl (C=O) groups excluding carboxylic acids is 1. The van der Waals surface area contributed by atoms with Crippen molar-refractivity contribution in [1.29, 1.82) is 0 Å². The van der Waals surface area contributed by atoms with Gasteiger partial charge in [-0.2, -0.15) is 0 Å². The van der Waals surface area contributed by atoms with Crippen molar-refractivity contribution in [3.8, 4) is 0 Å². The fourth-order valence-corrected chi connectivity index (χ4v) is 2.32. The molecule has 0 unspecified atom stereocenters. The van der Waals surface area contributed by atoms with E-state index in [1.807, 2.05) is 0 Å². The lowest BCUT2D eigenvalue weighted by Gasteiger charge is -2.30. The normalized spacial score (nSPS) is 19.0. The number of hydrogen-bond donors (Lipinski definition) is 1. The van der Waals surface area contributed by atoms with E-state index in [1.54, 1.807) is 0 Å². The van der Waals surface area contributed by atoms with Crippen molar-refractivity contribution in [1.82, 2.24) is 0 Å². The van der Waals surface area contributed by atoms with Crippen LogP contribution in [0.5, 0.6) is 0 Å². The van der Waals surface area contributed by atoms with Crippen molar-refractivity contribution in [2.45, 2.75) is 37.7 Å². The van der Waals surface area contributed by atoms with Crippen molar-refractivity contribution in [3.63, 3.8) is 0 Å². The van der Waals surface area contributed by atoms with Crippen molar-refractivity contribution in [2.24, 2.45) is 0 Å². The Bertz CT molecular complexity index is 417. The standard InChI is InChI=1S/C13H14F2O2/c14-10-6-9(7-11(15)8-10)12(16)13(17)4-2-1-3-5-13/h6-8,17H,1-5H2. The highest BCUT2D eigenvalue weighted by Crippen LogP contribution is 2.31. The SMILES string of the molecule is O=C(c1cc(F)cc(F)c1)C1(O)CCCCC1. The summed E-state index contributed by atoms with van der Waals surface area (Å²) in [5, 5.41) is 10.2. The Kier molecular flexibility index (Phi) is 3.24. The first-order chi connectivity index (χ1) is 8.01. The highest BCUT2D eigenvalue weighted by atomic mass is 19.1. The summed E-state index contributed by atoms with van der Waals surface area (Å²) in [6, 6.07) is 2.65. The molecule has 17 heavy (non-hydrogen) atoms. The van der Waals surface area contributed by atoms with Crippen LogP contribution in [-0.2, 0) is 0 Å². The average molecular weight is 240 g/mol. The van der Waals surface area contributed by atoms with Gasteiger partial charge in [0.2, 0.25) is 0 Å². The van der Waals surface area contributed by atoms with Crippen LogP contribution in [0.1, 0.15) is 42.5 Å².